The monoisotopic (exact) mass is 625 g/mol. The summed E-state index contributed by atoms with van der Waals surface area (Å²) in [5, 5.41) is 9.99. The topological polar surface area (TPSA) is 84.2 Å². The number of hydrogen-bond acceptors (Lipinski definition) is 5. The van der Waals surface area contributed by atoms with Gasteiger partial charge in [-0.3, -0.25) is 9.59 Å². The van der Waals surface area contributed by atoms with Gasteiger partial charge < -0.3 is 28.9 Å². The maximum absolute atomic E-state index is 14.7. The van der Waals surface area contributed by atoms with Gasteiger partial charge in [-0.1, -0.05) is 54.6 Å². The summed E-state index contributed by atoms with van der Waals surface area (Å²) in [4.78, 5) is 32.7. The summed E-state index contributed by atoms with van der Waals surface area (Å²) in [6.45, 7) is 2.38. The summed E-state index contributed by atoms with van der Waals surface area (Å²) >= 11 is 0. The van der Waals surface area contributed by atoms with Gasteiger partial charge in [-0.2, -0.15) is 0 Å². The first-order valence-corrected chi connectivity index (χ1v) is 16.2. The van der Waals surface area contributed by atoms with Crippen LogP contribution in [0.5, 0.6) is 17.2 Å². The van der Waals surface area contributed by atoms with Gasteiger partial charge in [0.2, 0.25) is 6.79 Å². The lowest BCUT2D eigenvalue weighted by atomic mass is 9.97. The number of ether oxygens (including phenoxy) is 2. The molecule has 2 amide bonds. The highest BCUT2D eigenvalue weighted by Crippen LogP contribution is 2.42. The minimum absolute atomic E-state index is 0.0677. The molecule has 8 rings (SSSR count). The maximum atomic E-state index is 14.7. The van der Waals surface area contributed by atoms with Crippen LogP contribution in [0.1, 0.15) is 55.9 Å². The highest BCUT2D eigenvalue weighted by atomic mass is 16.7. The first kappa shape index (κ1) is 28.9. The van der Waals surface area contributed by atoms with Crippen molar-refractivity contribution in [1.82, 2.24) is 9.47 Å². The number of phenolic OH excluding ortho intramolecular Hbond substituents is 1. The van der Waals surface area contributed by atoms with Crippen LogP contribution in [-0.4, -0.2) is 39.7 Å². The van der Waals surface area contributed by atoms with Gasteiger partial charge in [0.1, 0.15) is 5.75 Å². The normalized spacial score (nSPS) is 14.8. The van der Waals surface area contributed by atoms with Gasteiger partial charge in [0.25, 0.3) is 11.8 Å². The number of aromatic hydroxyl groups is 1. The van der Waals surface area contributed by atoms with E-state index in [4.69, 9.17) is 9.47 Å². The Bertz CT molecular complexity index is 1980. The van der Waals surface area contributed by atoms with E-state index < -0.39 is 0 Å². The van der Waals surface area contributed by atoms with Crippen LogP contribution >= 0.6 is 0 Å². The summed E-state index contributed by atoms with van der Waals surface area (Å²) in [6.07, 6.45) is 3.51. The van der Waals surface area contributed by atoms with E-state index in [0.29, 0.717) is 47.9 Å². The molecular formula is C39H35N3O5. The summed E-state index contributed by atoms with van der Waals surface area (Å²) in [5.41, 5.74) is 7.82. The van der Waals surface area contributed by atoms with Crippen molar-refractivity contribution in [2.75, 3.05) is 18.2 Å². The molecule has 8 nitrogen and oxygen atoms in total. The molecule has 4 heterocycles. The Labute approximate surface area is 273 Å². The zero-order chi connectivity index (χ0) is 31.9. The van der Waals surface area contributed by atoms with Crippen LogP contribution in [0.4, 0.5) is 5.69 Å². The highest BCUT2D eigenvalue weighted by molar-refractivity contribution is 6.09. The number of anilines is 1. The van der Waals surface area contributed by atoms with E-state index in [1.807, 2.05) is 65.6 Å². The maximum Gasteiger partial charge on any atom is 0.260 e. The van der Waals surface area contributed by atoms with Gasteiger partial charge in [0.05, 0.1) is 17.7 Å². The molecule has 0 bridgehead atoms. The van der Waals surface area contributed by atoms with Crippen molar-refractivity contribution >= 4 is 17.5 Å². The fourth-order valence-corrected chi connectivity index (χ4v) is 7.08. The first-order chi connectivity index (χ1) is 23.0. The quantitative estimate of drug-likeness (QED) is 0.220. The molecule has 0 saturated carbocycles. The second kappa shape index (κ2) is 12.0. The number of amides is 2. The number of phenols is 1. The summed E-state index contributed by atoms with van der Waals surface area (Å²) < 4.78 is 13.8. The molecule has 0 unspecified atom stereocenters. The minimum atomic E-state index is -0.127. The average molecular weight is 626 g/mol. The molecule has 4 aromatic carbocycles. The Hall–Kier alpha value is -5.50. The molecule has 5 aromatic rings. The number of benzene rings is 4. The van der Waals surface area contributed by atoms with Crippen molar-refractivity contribution in [1.29, 1.82) is 0 Å². The molecule has 47 heavy (non-hydrogen) atoms. The predicted octanol–water partition coefficient (Wildman–Crippen LogP) is 6.97. The predicted molar refractivity (Wildman–Crippen MR) is 179 cm³/mol. The number of carbonyl (C=O) groups excluding carboxylic acids is 2. The number of rotatable bonds is 6. The molecule has 0 aliphatic carbocycles. The molecule has 236 valence electrons. The number of hydrogen-bond donors (Lipinski definition) is 1. The van der Waals surface area contributed by atoms with Crippen LogP contribution in [0.15, 0.2) is 97.1 Å². The fraction of sp³-hybridized carbons (Fsp3) is 0.231. The smallest absolute Gasteiger partial charge is 0.260 e. The van der Waals surface area contributed by atoms with E-state index >= 15 is 0 Å². The molecule has 1 aromatic heterocycles. The van der Waals surface area contributed by atoms with Gasteiger partial charge in [-0.05, 0) is 84.8 Å². The SMILES string of the molecule is O=C(c1cc2c(cc1-c1cc(C(=O)N(Cc3ccccc3)c3ccc(O)cc3)c3n1CCCC3)OCO2)N1CCc2ccccc2C1. The number of nitrogens with zero attached hydrogens (tertiary/aromatic N) is 3. The molecule has 0 radical (unpaired) electrons. The van der Waals surface area contributed by atoms with E-state index in [2.05, 4.69) is 16.7 Å². The lowest BCUT2D eigenvalue weighted by Gasteiger charge is -2.30. The molecule has 8 heteroatoms. The second-order valence-corrected chi connectivity index (χ2v) is 12.4. The second-order valence-electron chi connectivity index (χ2n) is 12.4. The van der Waals surface area contributed by atoms with E-state index in [9.17, 15) is 14.7 Å². The molecule has 3 aliphatic heterocycles. The van der Waals surface area contributed by atoms with Crippen molar-refractivity contribution < 1.29 is 24.2 Å². The standard InChI is InChI=1S/C39H35N3O5/c43-30-15-13-29(14-16-30)42(23-26-8-2-1-3-9-26)39(45)33-20-35(41-18-7-6-12-34(33)41)31-21-36-37(47-25-46-36)22-32(31)38(44)40-19-17-27-10-4-5-11-28(27)24-40/h1-5,8-11,13-16,20-22,43H,6-7,12,17-19,23-25H2. The largest absolute Gasteiger partial charge is 0.508 e. The third-order valence-corrected chi connectivity index (χ3v) is 9.51. The average Bonchev–Trinajstić information content (AvgIpc) is 3.75. The van der Waals surface area contributed by atoms with Crippen molar-refractivity contribution in [2.45, 2.75) is 45.3 Å². The summed E-state index contributed by atoms with van der Waals surface area (Å²) in [7, 11) is 0. The zero-order valence-corrected chi connectivity index (χ0v) is 26.0. The van der Waals surface area contributed by atoms with Gasteiger partial charge in [0, 0.05) is 42.3 Å². The fourth-order valence-electron chi connectivity index (χ4n) is 7.08. The van der Waals surface area contributed by atoms with Gasteiger partial charge in [0.15, 0.2) is 11.5 Å². The van der Waals surface area contributed by atoms with E-state index in [-0.39, 0.29) is 24.4 Å². The molecule has 3 aliphatic rings. The van der Waals surface area contributed by atoms with Gasteiger partial charge in [-0.25, -0.2) is 0 Å². The number of carbonyl (C=O) groups is 2. The third-order valence-electron chi connectivity index (χ3n) is 9.51. The van der Waals surface area contributed by atoms with Crippen LogP contribution in [0.25, 0.3) is 11.3 Å². The molecule has 1 N–H and O–H groups in total. The number of fused-ring (bicyclic) bond motifs is 3. The molecule has 0 fully saturated rings. The third kappa shape index (κ3) is 5.39. The van der Waals surface area contributed by atoms with Crippen molar-refractivity contribution in [3.8, 4) is 28.5 Å². The van der Waals surface area contributed by atoms with Crippen LogP contribution < -0.4 is 14.4 Å². The Morgan fingerprint density at radius 2 is 1.51 bits per heavy atom. The Morgan fingerprint density at radius 3 is 2.32 bits per heavy atom. The summed E-state index contributed by atoms with van der Waals surface area (Å²) in [6, 6.07) is 30.6. The van der Waals surface area contributed by atoms with E-state index in [1.54, 1.807) is 29.2 Å². The van der Waals surface area contributed by atoms with Crippen molar-refractivity contribution in [3.63, 3.8) is 0 Å². The highest BCUT2D eigenvalue weighted by Gasteiger charge is 2.32. The molecule has 0 saturated heterocycles. The number of aromatic nitrogens is 1. The van der Waals surface area contributed by atoms with E-state index in [1.165, 1.54) is 5.56 Å². The van der Waals surface area contributed by atoms with Gasteiger partial charge in [-0.15, -0.1) is 0 Å². The molecular weight excluding hydrogens is 590 g/mol. The lowest BCUT2D eigenvalue weighted by Crippen LogP contribution is -2.36. The molecule has 0 spiro atoms. The Balaban J connectivity index is 1.22. The van der Waals surface area contributed by atoms with E-state index in [0.717, 1.165) is 60.3 Å². The molecule has 0 atom stereocenters. The Morgan fingerprint density at radius 1 is 0.766 bits per heavy atom. The Kier molecular flexibility index (Phi) is 7.40. The lowest BCUT2D eigenvalue weighted by molar-refractivity contribution is 0.0734. The first-order valence-electron chi connectivity index (χ1n) is 16.2. The summed E-state index contributed by atoms with van der Waals surface area (Å²) in [5.74, 6) is 1.09. The van der Waals surface area contributed by atoms with Crippen LogP contribution in [0.3, 0.4) is 0 Å². The van der Waals surface area contributed by atoms with Crippen molar-refractivity contribution in [2.24, 2.45) is 0 Å². The van der Waals surface area contributed by atoms with Gasteiger partial charge >= 0.3 is 0 Å². The minimum Gasteiger partial charge on any atom is -0.508 e. The van der Waals surface area contributed by atoms with Crippen LogP contribution in [-0.2, 0) is 32.5 Å². The zero-order valence-electron chi connectivity index (χ0n) is 26.0. The van der Waals surface area contributed by atoms with Crippen LogP contribution in [0.2, 0.25) is 0 Å². The van der Waals surface area contributed by atoms with Crippen molar-refractivity contribution in [3.05, 3.63) is 131 Å². The van der Waals surface area contributed by atoms with Crippen LogP contribution in [0, 0.1) is 0 Å².